The molecule has 2 aliphatic heterocycles. The molecule has 4 rings (SSSR count). The molecule has 136 valence electrons. The van der Waals surface area contributed by atoms with E-state index in [2.05, 4.69) is 44.8 Å². The van der Waals surface area contributed by atoms with Gasteiger partial charge in [-0.1, -0.05) is 0 Å². The number of hydrogen-bond acceptors (Lipinski definition) is 5. The van der Waals surface area contributed by atoms with E-state index in [4.69, 9.17) is 4.74 Å². The Hall–Kier alpha value is -2.60. The largest absolute Gasteiger partial charge is 0.372 e. The zero-order valence-corrected chi connectivity index (χ0v) is 14.8. The molecule has 2 N–H and O–H groups in total. The standard InChI is InChI=1S/C20H24N4O2/c25-20(18-4-3-13-26-18)23-16-7-10-19(21-14-16)22-15-5-8-17(9-6-15)24-11-1-2-12-24/h5-10,14,18H,1-4,11-13H2,(H,21,22)(H,23,25). The average molecular weight is 352 g/mol. The Morgan fingerprint density at radius 1 is 1.04 bits per heavy atom. The molecule has 1 unspecified atom stereocenters. The van der Waals surface area contributed by atoms with Crippen molar-refractivity contribution in [3.8, 4) is 0 Å². The fraction of sp³-hybridized carbons (Fsp3) is 0.400. The number of nitrogens with zero attached hydrogens (tertiary/aromatic N) is 2. The first-order valence-electron chi connectivity index (χ1n) is 9.28. The monoisotopic (exact) mass is 352 g/mol. The van der Waals surface area contributed by atoms with Crippen LogP contribution in [-0.2, 0) is 9.53 Å². The lowest BCUT2D eigenvalue weighted by Gasteiger charge is -2.18. The van der Waals surface area contributed by atoms with Gasteiger partial charge in [0.15, 0.2) is 0 Å². The minimum absolute atomic E-state index is 0.0949. The molecule has 2 aliphatic rings. The zero-order valence-electron chi connectivity index (χ0n) is 14.8. The third-order valence-electron chi connectivity index (χ3n) is 4.86. The number of benzene rings is 1. The van der Waals surface area contributed by atoms with E-state index in [0.29, 0.717) is 12.3 Å². The minimum Gasteiger partial charge on any atom is -0.372 e. The summed E-state index contributed by atoms with van der Waals surface area (Å²) < 4.78 is 5.39. The van der Waals surface area contributed by atoms with Crippen LogP contribution in [0, 0.1) is 0 Å². The van der Waals surface area contributed by atoms with Crippen LogP contribution in [0.5, 0.6) is 0 Å². The first kappa shape index (κ1) is 16.8. The Labute approximate surface area is 153 Å². The van der Waals surface area contributed by atoms with Crippen molar-refractivity contribution < 1.29 is 9.53 Å². The molecule has 0 bridgehead atoms. The highest BCUT2D eigenvalue weighted by atomic mass is 16.5. The molecule has 2 saturated heterocycles. The maximum Gasteiger partial charge on any atom is 0.253 e. The molecule has 0 saturated carbocycles. The maximum absolute atomic E-state index is 12.0. The molecule has 2 fully saturated rings. The molecular weight excluding hydrogens is 328 g/mol. The second-order valence-corrected chi connectivity index (χ2v) is 6.79. The van der Waals surface area contributed by atoms with Gasteiger partial charge in [0.05, 0.1) is 11.9 Å². The van der Waals surface area contributed by atoms with Crippen molar-refractivity contribution in [1.82, 2.24) is 4.98 Å². The number of ether oxygens (including phenoxy) is 1. The van der Waals surface area contributed by atoms with E-state index >= 15 is 0 Å². The van der Waals surface area contributed by atoms with Crippen LogP contribution < -0.4 is 15.5 Å². The lowest BCUT2D eigenvalue weighted by atomic mass is 10.2. The SMILES string of the molecule is O=C(Nc1ccc(Nc2ccc(N3CCCC3)cc2)nc1)C1CCCO1. The summed E-state index contributed by atoms with van der Waals surface area (Å²) in [6.07, 6.45) is 5.61. The van der Waals surface area contributed by atoms with Crippen LogP contribution in [0.15, 0.2) is 42.6 Å². The molecule has 0 radical (unpaired) electrons. The molecule has 0 spiro atoms. The van der Waals surface area contributed by atoms with E-state index in [1.807, 2.05) is 12.1 Å². The quantitative estimate of drug-likeness (QED) is 0.861. The number of aromatic nitrogens is 1. The van der Waals surface area contributed by atoms with Gasteiger partial charge in [-0.15, -0.1) is 0 Å². The van der Waals surface area contributed by atoms with Crippen LogP contribution >= 0.6 is 0 Å². The van der Waals surface area contributed by atoms with E-state index in [1.54, 1.807) is 6.20 Å². The number of amides is 1. The van der Waals surface area contributed by atoms with Crippen molar-refractivity contribution in [2.75, 3.05) is 35.2 Å². The summed E-state index contributed by atoms with van der Waals surface area (Å²) in [7, 11) is 0. The first-order valence-corrected chi connectivity index (χ1v) is 9.28. The van der Waals surface area contributed by atoms with Crippen LogP contribution in [0.1, 0.15) is 25.7 Å². The third kappa shape index (κ3) is 3.96. The van der Waals surface area contributed by atoms with Crippen LogP contribution in [0.4, 0.5) is 22.9 Å². The molecule has 1 amide bonds. The summed E-state index contributed by atoms with van der Waals surface area (Å²) in [4.78, 5) is 18.8. The Bertz CT molecular complexity index is 733. The van der Waals surface area contributed by atoms with Crippen LogP contribution in [-0.4, -0.2) is 36.7 Å². The fourth-order valence-electron chi connectivity index (χ4n) is 3.43. The first-order chi connectivity index (χ1) is 12.8. The Morgan fingerprint density at radius 3 is 2.46 bits per heavy atom. The van der Waals surface area contributed by atoms with Crippen molar-refractivity contribution in [3.63, 3.8) is 0 Å². The number of nitrogens with one attached hydrogen (secondary N) is 2. The van der Waals surface area contributed by atoms with E-state index in [1.165, 1.54) is 18.5 Å². The minimum atomic E-state index is -0.332. The molecule has 6 nitrogen and oxygen atoms in total. The lowest BCUT2D eigenvalue weighted by molar-refractivity contribution is -0.124. The summed E-state index contributed by atoms with van der Waals surface area (Å²) in [5.74, 6) is 0.650. The third-order valence-corrected chi connectivity index (χ3v) is 4.86. The average Bonchev–Trinajstić information content (AvgIpc) is 3.38. The second kappa shape index (κ2) is 7.74. The predicted octanol–water partition coefficient (Wildman–Crippen LogP) is 3.54. The summed E-state index contributed by atoms with van der Waals surface area (Å²) >= 11 is 0. The highest BCUT2D eigenvalue weighted by Crippen LogP contribution is 2.24. The number of pyridine rings is 1. The van der Waals surface area contributed by atoms with E-state index < -0.39 is 0 Å². The van der Waals surface area contributed by atoms with Crippen molar-refractivity contribution in [2.45, 2.75) is 31.8 Å². The number of carbonyl (C=O) groups excluding carboxylic acids is 1. The molecule has 1 atom stereocenters. The number of anilines is 4. The van der Waals surface area contributed by atoms with Gasteiger partial charge in [0, 0.05) is 31.1 Å². The molecule has 26 heavy (non-hydrogen) atoms. The second-order valence-electron chi connectivity index (χ2n) is 6.79. The summed E-state index contributed by atoms with van der Waals surface area (Å²) in [6, 6.07) is 12.1. The molecule has 1 aromatic carbocycles. The molecule has 2 aromatic rings. The van der Waals surface area contributed by atoms with Gasteiger partial charge in [-0.05, 0) is 62.1 Å². The highest BCUT2D eigenvalue weighted by Gasteiger charge is 2.23. The van der Waals surface area contributed by atoms with Crippen LogP contribution in [0.2, 0.25) is 0 Å². The predicted molar refractivity (Wildman–Crippen MR) is 103 cm³/mol. The van der Waals surface area contributed by atoms with Crippen LogP contribution in [0.3, 0.4) is 0 Å². The van der Waals surface area contributed by atoms with Gasteiger partial charge in [0.1, 0.15) is 11.9 Å². The van der Waals surface area contributed by atoms with Crippen molar-refractivity contribution in [3.05, 3.63) is 42.6 Å². The normalized spacial score (nSPS) is 19.5. The van der Waals surface area contributed by atoms with Gasteiger partial charge in [-0.25, -0.2) is 4.98 Å². The van der Waals surface area contributed by atoms with E-state index in [0.717, 1.165) is 37.4 Å². The maximum atomic E-state index is 12.0. The van der Waals surface area contributed by atoms with Gasteiger partial charge in [0.2, 0.25) is 0 Å². The van der Waals surface area contributed by atoms with Crippen molar-refractivity contribution >= 4 is 28.8 Å². The van der Waals surface area contributed by atoms with Gasteiger partial charge in [0.25, 0.3) is 5.91 Å². The highest BCUT2D eigenvalue weighted by molar-refractivity contribution is 5.94. The van der Waals surface area contributed by atoms with E-state index in [-0.39, 0.29) is 12.0 Å². The van der Waals surface area contributed by atoms with Gasteiger partial charge in [-0.3, -0.25) is 4.79 Å². The lowest BCUT2D eigenvalue weighted by Crippen LogP contribution is -2.26. The Kier molecular flexibility index (Phi) is 5.02. The zero-order chi connectivity index (χ0) is 17.8. The van der Waals surface area contributed by atoms with Gasteiger partial charge >= 0.3 is 0 Å². The van der Waals surface area contributed by atoms with Crippen LogP contribution in [0.25, 0.3) is 0 Å². The number of rotatable bonds is 5. The van der Waals surface area contributed by atoms with Gasteiger partial charge < -0.3 is 20.3 Å². The number of hydrogen-bond donors (Lipinski definition) is 2. The Balaban J connectivity index is 1.34. The topological polar surface area (TPSA) is 66.5 Å². The molecule has 3 heterocycles. The molecular formula is C20H24N4O2. The van der Waals surface area contributed by atoms with Crippen molar-refractivity contribution in [1.29, 1.82) is 0 Å². The fourth-order valence-corrected chi connectivity index (χ4v) is 3.43. The molecule has 6 heteroatoms. The smallest absolute Gasteiger partial charge is 0.253 e. The molecule has 0 aliphatic carbocycles. The van der Waals surface area contributed by atoms with Crippen molar-refractivity contribution in [2.24, 2.45) is 0 Å². The Morgan fingerprint density at radius 2 is 1.81 bits per heavy atom. The van der Waals surface area contributed by atoms with Gasteiger partial charge in [-0.2, -0.15) is 0 Å². The number of carbonyl (C=O) groups is 1. The molecule has 1 aromatic heterocycles. The summed E-state index contributed by atoms with van der Waals surface area (Å²) in [5, 5.41) is 6.14. The summed E-state index contributed by atoms with van der Waals surface area (Å²) in [6.45, 7) is 2.95. The summed E-state index contributed by atoms with van der Waals surface area (Å²) in [5.41, 5.74) is 2.95. The van der Waals surface area contributed by atoms with E-state index in [9.17, 15) is 4.79 Å².